The Morgan fingerprint density at radius 3 is 2.12 bits per heavy atom. The van der Waals surface area contributed by atoms with Crippen LogP contribution in [-0.4, -0.2) is 48.4 Å². The standard InChI is InChI=1S/C11H20N2O.C3H8/c1-2-10-7-12(8-10)9-11(14)13-5-3-4-6-13;1-3-2/h10H,2-9H2,1H3;3H2,1-2H3. The lowest BCUT2D eigenvalue weighted by Gasteiger charge is -2.38. The Morgan fingerprint density at radius 2 is 1.65 bits per heavy atom. The number of hydrogen-bond acceptors (Lipinski definition) is 2. The number of likely N-dealkylation sites (tertiary alicyclic amines) is 2. The van der Waals surface area contributed by atoms with Crippen molar-refractivity contribution in [1.29, 1.82) is 0 Å². The van der Waals surface area contributed by atoms with Gasteiger partial charge in [0.2, 0.25) is 5.91 Å². The van der Waals surface area contributed by atoms with Gasteiger partial charge in [0.05, 0.1) is 6.54 Å². The molecule has 17 heavy (non-hydrogen) atoms. The molecule has 2 saturated heterocycles. The molecule has 0 aromatic heterocycles. The van der Waals surface area contributed by atoms with Crippen molar-refractivity contribution in [2.24, 2.45) is 5.92 Å². The third kappa shape index (κ3) is 4.66. The molecule has 0 aliphatic carbocycles. The summed E-state index contributed by atoms with van der Waals surface area (Å²) < 4.78 is 0. The van der Waals surface area contributed by atoms with E-state index in [-0.39, 0.29) is 0 Å². The molecule has 100 valence electrons. The number of rotatable bonds is 3. The predicted octanol–water partition coefficient (Wildman–Crippen LogP) is 2.37. The monoisotopic (exact) mass is 240 g/mol. The SMILES string of the molecule is CCC.CCC1CN(CC(=O)N2CCCC2)C1. The fourth-order valence-electron chi connectivity index (χ4n) is 2.32. The summed E-state index contributed by atoms with van der Waals surface area (Å²) in [6.45, 7) is 11.4. The van der Waals surface area contributed by atoms with E-state index < -0.39 is 0 Å². The molecular formula is C14H28N2O. The summed E-state index contributed by atoms with van der Waals surface area (Å²) >= 11 is 0. The first kappa shape index (κ1) is 14.5. The van der Waals surface area contributed by atoms with Crippen LogP contribution < -0.4 is 0 Å². The van der Waals surface area contributed by atoms with Gasteiger partial charge in [-0.15, -0.1) is 0 Å². The lowest BCUT2D eigenvalue weighted by atomic mass is 9.97. The molecule has 1 amide bonds. The van der Waals surface area contributed by atoms with Gasteiger partial charge < -0.3 is 4.90 Å². The van der Waals surface area contributed by atoms with Gasteiger partial charge >= 0.3 is 0 Å². The van der Waals surface area contributed by atoms with Crippen LogP contribution in [-0.2, 0) is 4.79 Å². The van der Waals surface area contributed by atoms with Crippen LogP contribution in [0.25, 0.3) is 0 Å². The minimum absolute atomic E-state index is 0.344. The molecule has 2 aliphatic heterocycles. The van der Waals surface area contributed by atoms with Crippen LogP contribution in [0.1, 0.15) is 46.5 Å². The van der Waals surface area contributed by atoms with E-state index in [9.17, 15) is 4.79 Å². The summed E-state index contributed by atoms with van der Waals surface area (Å²) in [5.74, 6) is 1.19. The third-order valence-electron chi connectivity index (χ3n) is 3.43. The van der Waals surface area contributed by atoms with Crippen molar-refractivity contribution in [3.05, 3.63) is 0 Å². The quantitative estimate of drug-likeness (QED) is 0.756. The molecule has 2 rings (SSSR count). The van der Waals surface area contributed by atoms with Gasteiger partial charge in [0.1, 0.15) is 0 Å². The third-order valence-corrected chi connectivity index (χ3v) is 3.43. The molecule has 0 N–H and O–H groups in total. The van der Waals surface area contributed by atoms with Crippen LogP contribution in [0, 0.1) is 5.92 Å². The zero-order valence-electron chi connectivity index (χ0n) is 11.7. The van der Waals surface area contributed by atoms with E-state index in [1.807, 2.05) is 4.90 Å². The van der Waals surface area contributed by atoms with Crippen LogP contribution in [0.3, 0.4) is 0 Å². The van der Waals surface area contributed by atoms with E-state index in [4.69, 9.17) is 0 Å². The Balaban J connectivity index is 0.000000437. The topological polar surface area (TPSA) is 23.6 Å². The molecule has 0 spiro atoms. The number of hydrogen-bond donors (Lipinski definition) is 0. The second-order valence-corrected chi connectivity index (χ2v) is 5.26. The summed E-state index contributed by atoms with van der Waals surface area (Å²) in [7, 11) is 0. The van der Waals surface area contributed by atoms with Crippen LogP contribution in [0.4, 0.5) is 0 Å². The first-order valence-electron chi connectivity index (χ1n) is 7.21. The maximum Gasteiger partial charge on any atom is 0.236 e. The maximum atomic E-state index is 11.7. The fourth-order valence-corrected chi connectivity index (χ4v) is 2.32. The van der Waals surface area contributed by atoms with Gasteiger partial charge in [-0.2, -0.15) is 0 Å². The van der Waals surface area contributed by atoms with Gasteiger partial charge in [-0.3, -0.25) is 9.69 Å². The van der Waals surface area contributed by atoms with Gasteiger partial charge in [0.25, 0.3) is 0 Å². The molecule has 0 aromatic rings. The molecule has 2 heterocycles. The van der Waals surface area contributed by atoms with Crippen LogP contribution >= 0.6 is 0 Å². The highest BCUT2D eigenvalue weighted by molar-refractivity contribution is 5.78. The second kappa shape index (κ2) is 7.70. The van der Waals surface area contributed by atoms with Gasteiger partial charge in [0.15, 0.2) is 0 Å². The predicted molar refractivity (Wildman–Crippen MR) is 72.0 cm³/mol. The number of carbonyl (C=O) groups is 1. The zero-order chi connectivity index (χ0) is 12.7. The van der Waals surface area contributed by atoms with Crippen LogP contribution in [0.15, 0.2) is 0 Å². The van der Waals surface area contributed by atoms with Crippen molar-refractivity contribution < 1.29 is 4.79 Å². The second-order valence-electron chi connectivity index (χ2n) is 5.26. The highest BCUT2D eigenvalue weighted by Crippen LogP contribution is 2.18. The fraction of sp³-hybridized carbons (Fsp3) is 0.929. The molecule has 2 aliphatic rings. The van der Waals surface area contributed by atoms with Crippen LogP contribution in [0.2, 0.25) is 0 Å². The molecule has 0 saturated carbocycles. The lowest BCUT2D eigenvalue weighted by Crippen LogP contribution is -2.50. The smallest absolute Gasteiger partial charge is 0.236 e. The molecule has 2 fully saturated rings. The number of nitrogens with zero attached hydrogens (tertiary/aromatic N) is 2. The normalized spacial score (nSPS) is 20.8. The van der Waals surface area contributed by atoms with Crippen molar-refractivity contribution in [1.82, 2.24) is 9.80 Å². The minimum atomic E-state index is 0.344. The summed E-state index contributed by atoms with van der Waals surface area (Å²) in [6, 6.07) is 0. The molecule has 0 bridgehead atoms. The van der Waals surface area contributed by atoms with Crippen molar-refractivity contribution >= 4 is 5.91 Å². The molecular weight excluding hydrogens is 212 g/mol. The molecule has 3 heteroatoms. The number of amides is 1. The first-order chi connectivity index (χ1) is 8.21. The van der Waals surface area contributed by atoms with Gasteiger partial charge in [-0.25, -0.2) is 0 Å². The summed E-state index contributed by atoms with van der Waals surface area (Å²) in [5.41, 5.74) is 0. The Hall–Kier alpha value is -0.570. The lowest BCUT2D eigenvalue weighted by molar-refractivity contribution is -0.133. The average Bonchev–Trinajstić information content (AvgIpc) is 2.76. The first-order valence-corrected chi connectivity index (χ1v) is 7.21. The van der Waals surface area contributed by atoms with E-state index >= 15 is 0 Å². The molecule has 0 aromatic carbocycles. The highest BCUT2D eigenvalue weighted by atomic mass is 16.2. The summed E-state index contributed by atoms with van der Waals surface area (Å²) in [4.78, 5) is 16.0. The average molecular weight is 240 g/mol. The highest BCUT2D eigenvalue weighted by Gasteiger charge is 2.28. The van der Waals surface area contributed by atoms with Gasteiger partial charge in [-0.1, -0.05) is 33.6 Å². The van der Waals surface area contributed by atoms with Crippen LogP contribution in [0.5, 0.6) is 0 Å². The van der Waals surface area contributed by atoms with Crippen molar-refractivity contribution in [2.75, 3.05) is 32.7 Å². The van der Waals surface area contributed by atoms with E-state index in [0.717, 1.165) is 32.1 Å². The summed E-state index contributed by atoms with van der Waals surface area (Å²) in [6.07, 6.45) is 4.90. The number of carbonyl (C=O) groups excluding carboxylic acids is 1. The molecule has 0 radical (unpaired) electrons. The van der Waals surface area contributed by atoms with Gasteiger partial charge in [0, 0.05) is 26.2 Å². The van der Waals surface area contributed by atoms with E-state index in [1.54, 1.807) is 0 Å². The molecule has 3 nitrogen and oxygen atoms in total. The van der Waals surface area contributed by atoms with E-state index in [0.29, 0.717) is 12.5 Å². The minimum Gasteiger partial charge on any atom is -0.342 e. The largest absolute Gasteiger partial charge is 0.342 e. The van der Waals surface area contributed by atoms with E-state index in [2.05, 4.69) is 25.7 Å². The van der Waals surface area contributed by atoms with E-state index in [1.165, 1.54) is 25.7 Å². The Labute approximate surface area is 106 Å². The summed E-state index contributed by atoms with van der Waals surface area (Å²) in [5, 5.41) is 0. The maximum absolute atomic E-state index is 11.7. The van der Waals surface area contributed by atoms with Crippen molar-refractivity contribution in [2.45, 2.75) is 46.5 Å². The zero-order valence-corrected chi connectivity index (χ0v) is 11.7. The Bertz CT molecular complexity index is 218. The Kier molecular flexibility index (Phi) is 6.56. The molecule has 0 unspecified atom stereocenters. The Morgan fingerprint density at radius 1 is 1.12 bits per heavy atom. The van der Waals surface area contributed by atoms with Gasteiger partial charge in [-0.05, 0) is 18.8 Å². The molecule has 0 atom stereocenters. The van der Waals surface area contributed by atoms with Crippen molar-refractivity contribution in [3.63, 3.8) is 0 Å². The van der Waals surface area contributed by atoms with Crippen molar-refractivity contribution in [3.8, 4) is 0 Å².